The van der Waals surface area contributed by atoms with Crippen molar-refractivity contribution in [2.45, 2.75) is 25.8 Å². The second-order valence-corrected chi connectivity index (χ2v) is 5.40. The van der Waals surface area contributed by atoms with Crippen molar-refractivity contribution in [3.8, 4) is 5.75 Å². The molecule has 1 atom stereocenters. The van der Waals surface area contributed by atoms with Gasteiger partial charge in [-0.25, -0.2) is 0 Å². The lowest BCUT2D eigenvalue weighted by atomic mass is 10.1. The lowest BCUT2D eigenvalue weighted by molar-refractivity contribution is 0.318. The van der Waals surface area contributed by atoms with Crippen LogP contribution in [0, 0.1) is 0 Å². The quantitative estimate of drug-likeness (QED) is 0.890. The largest absolute Gasteiger partial charge is 0.492 e. The standard InChI is InChI=1S/C15H20ClN3O/c1-11(17)9-12-3-4-15(14(16)10-12)20-8-6-13-5-7-18-19(13)2/h3-5,7,10-11H,6,8-9,17H2,1-2H3. The number of nitrogens with zero attached hydrogens (tertiary/aromatic N) is 2. The molecule has 0 saturated heterocycles. The molecule has 2 N–H and O–H groups in total. The molecule has 0 amide bonds. The number of hydrogen-bond donors (Lipinski definition) is 1. The molecule has 2 aromatic rings. The Hall–Kier alpha value is -1.52. The fraction of sp³-hybridized carbons (Fsp3) is 0.400. The highest BCUT2D eigenvalue weighted by atomic mass is 35.5. The van der Waals surface area contributed by atoms with Gasteiger partial charge in [0.05, 0.1) is 11.6 Å². The Bertz CT molecular complexity index is 566. The van der Waals surface area contributed by atoms with Crippen LogP contribution < -0.4 is 10.5 Å². The first-order valence-corrected chi connectivity index (χ1v) is 7.07. The third-order valence-electron chi connectivity index (χ3n) is 3.09. The monoisotopic (exact) mass is 293 g/mol. The molecule has 0 bridgehead atoms. The SMILES string of the molecule is CC(N)Cc1ccc(OCCc2ccnn2C)c(Cl)c1. The number of halogens is 1. The number of hydrogen-bond acceptors (Lipinski definition) is 3. The summed E-state index contributed by atoms with van der Waals surface area (Å²) in [5.74, 6) is 0.710. The van der Waals surface area contributed by atoms with Gasteiger partial charge in [-0.3, -0.25) is 4.68 Å². The first-order valence-electron chi connectivity index (χ1n) is 6.70. The number of benzene rings is 1. The third kappa shape index (κ3) is 3.99. The number of aromatic nitrogens is 2. The topological polar surface area (TPSA) is 53.1 Å². The molecule has 20 heavy (non-hydrogen) atoms. The van der Waals surface area contributed by atoms with E-state index in [0.29, 0.717) is 17.4 Å². The maximum absolute atomic E-state index is 6.22. The van der Waals surface area contributed by atoms with Crippen molar-refractivity contribution in [2.75, 3.05) is 6.61 Å². The first kappa shape index (κ1) is 14.9. The number of rotatable bonds is 6. The lowest BCUT2D eigenvalue weighted by Gasteiger charge is -2.11. The van der Waals surface area contributed by atoms with E-state index in [0.717, 1.165) is 24.1 Å². The average Bonchev–Trinajstić information content (AvgIpc) is 2.77. The summed E-state index contributed by atoms with van der Waals surface area (Å²) in [7, 11) is 1.92. The molecule has 0 radical (unpaired) electrons. The van der Waals surface area contributed by atoms with Gasteiger partial charge in [0.2, 0.25) is 0 Å². The summed E-state index contributed by atoms with van der Waals surface area (Å²) in [6.07, 6.45) is 3.40. The minimum Gasteiger partial charge on any atom is -0.492 e. The van der Waals surface area contributed by atoms with E-state index >= 15 is 0 Å². The summed E-state index contributed by atoms with van der Waals surface area (Å²) in [5.41, 5.74) is 8.04. The van der Waals surface area contributed by atoms with E-state index in [2.05, 4.69) is 5.10 Å². The smallest absolute Gasteiger partial charge is 0.137 e. The molecule has 1 aromatic heterocycles. The van der Waals surface area contributed by atoms with E-state index in [9.17, 15) is 0 Å². The highest BCUT2D eigenvalue weighted by Crippen LogP contribution is 2.26. The molecule has 108 valence electrons. The lowest BCUT2D eigenvalue weighted by Crippen LogP contribution is -2.17. The molecule has 0 aliphatic rings. The summed E-state index contributed by atoms with van der Waals surface area (Å²) in [4.78, 5) is 0. The van der Waals surface area contributed by atoms with Crippen LogP contribution in [0.15, 0.2) is 30.5 Å². The molecular formula is C15H20ClN3O. The molecule has 5 heteroatoms. The van der Waals surface area contributed by atoms with Gasteiger partial charge in [-0.1, -0.05) is 17.7 Å². The van der Waals surface area contributed by atoms with Crippen molar-refractivity contribution in [2.24, 2.45) is 12.8 Å². The van der Waals surface area contributed by atoms with Gasteiger partial charge in [0.15, 0.2) is 0 Å². The van der Waals surface area contributed by atoms with Crippen LogP contribution in [0.1, 0.15) is 18.2 Å². The van der Waals surface area contributed by atoms with Crippen LogP contribution in [0.25, 0.3) is 0 Å². The van der Waals surface area contributed by atoms with Crippen molar-refractivity contribution >= 4 is 11.6 Å². The highest BCUT2D eigenvalue weighted by molar-refractivity contribution is 6.32. The van der Waals surface area contributed by atoms with Crippen molar-refractivity contribution in [3.63, 3.8) is 0 Å². The van der Waals surface area contributed by atoms with Gasteiger partial charge in [-0.15, -0.1) is 0 Å². The van der Waals surface area contributed by atoms with Crippen molar-refractivity contribution in [1.82, 2.24) is 9.78 Å². The first-order chi connectivity index (χ1) is 9.56. The van der Waals surface area contributed by atoms with Crippen LogP contribution in [0.4, 0.5) is 0 Å². The number of aryl methyl sites for hydroxylation is 1. The van der Waals surface area contributed by atoms with Crippen LogP contribution >= 0.6 is 11.6 Å². The number of nitrogens with two attached hydrogens (primary N) is 1. The fourth-order valence-corrected chi connectivity index (χ4v) is 2.33. The van der Waals surface area contributed by atoms with Crippen molar-refractivity contribution in [3.05, 3.63) is 46.7 Å². The van der Waals surface area contributed by atoms with E-state index < -0.39 is 0 Å². The minimum absolute atomic E-state index is 0.127. The van der Waals surface area contributed by atoms with Crippen LogP contribution in [-0.4, -0.2) is 22.4 Å². The molecule has 0 aliphatic carbocycles. The molecule has 0 aliphatic heterocycles. The third-order valence-corrected chi connectivity index (χ3v) is 3.39. The molecule has 1 aromatic carbocycles. The van der Waals surface area contributed by atoms with Gasteiger partial charge in [0.1, 0.15) is 5.75 Å². The normalized spacial score (nSPS) is 12.4. The van der Waals surface area contributed by atoms with E-state index in [-0.39, 0.29) is 6.04 Å². The summed E-state index contributed by atoms with van der Waals surface area (Å²) in [5, 5.41) is 4.75. The van der Waals surface area contributed by atoms with E-state index in [1.807, 2.05) is 42.9 Å². The fourth-order valence-electron chi connectivity index (χ4n) is 2.07. The predicted molar refractivity (Wildman–Crippen MR) is 81.2 cm³/mol. The second kappa shape index (κ2) is 6.77. The summed E-state index contributed by atoms with van der Waals surface area (Å²) < 4.78 is 7.56. The maximum atomic E-state index is 6.22. The zero-order valence-corrected chi connectivity index (χ0v) is 12.6. The molecular weight excluding hydrogens is 274 g/mol. The molecule has 4 nitrogen and oxygen atoms in total. The zero-order chi connectivity index (χ0) is 14.5. The van der Waals surface area contributed by atoms with Gasteiger partial charge < -0.3 is 10.5 Å². The Labute approximate surface area is 124 Å². The summed E-state index contributed by atoms with van der Waals surface area (Å²) in [6, 6.07) is 7.95. The maximum Gasteiger partial charge on any atom is 0.137 e. The molecule has 1 unspecified atom stereocenters. The van der Waals surface area contributed by atoms with Gasteiger partial charge in [-0.05, 0) is 37.1 Å². The van der Waals surface area contributed by atoms with Crippen LogP contribution in [0.2, 0.25) is 5.02 Å². The van der Waals surface area contributed by atoms with Crippen molar-refractivity contribution in [1.29, 1.82) is 0 Å². The van der Waals surface area contributed by atoms with E-state index in [1.165, 1.54) is 0 Å². The molecule has 0 saturated carbocycles. The summed E-state index contributed by atoms with van der Waals surface area (Å²) in [6.45, 7) is 2.55. The van der Waals surface area contributed by atoms with Crippen LogP contribution in [0.5, 0.6) is 5.75 Å². The van der Waals surface area contributed by atoms with Gasteiger partial charge in [0.25, 0.3) is 0 Å². The Morgan fingerprint density at radius 2 is 2.20 bits per heavy atom. The Morgan fingerprint density at radius 3 is 2.80 bits per heavy atom. The molecule has 1 heterocycles. The summed E-state index contributed by atoms with van der Waals surface area (Å²) >= 11 is 6.22. The van der Waals surface area contributed by atoms with Crippen LogP contribution in [0.3, 0.4) is 0 Å². The second-order valence-electron chi connectivity index (χ2n) is 4.99. The van der Waals surface area contributed by atoms with Gasteiger partial charge in [-0.2, -0.15) is 5.10 Å². The molecule has 0 spiro atoms. The van der Waals surface area contributed by atoms with E-state index in [1.54, 1.807) is 6.20 Å². The Morgan fingerprint density at radius 1 is 1.40 bits per heavy atom. The molecule has 0 fully saturated rings. The zero-order valence-electron chi connectivity index (χ0n) is 11.8. The Balaban J connectivity index is 1.91. The number of ether oxygens (including phenoxy) is 1. The van der Waals surface area contributed by atoms with Crippen LogP contribution in [-0.2, 0) is 19.9 Å². The Kier molecular flexibility index (Phi) is 5.04. The highest BCUT2D eigenvalue weighted by Gasteiger charge is 2.06. The predicted octanol–water partition coefficient (Wildman–Crippen LogP) is 2.58. The van der Waals surface area contributed by atoms with Gasteiger partial charge in [0, 0.05) is 31.4 Å². The van der Waals surface area contributed by atoms with Gasteiger partial charge >= 0.3 is 0 Å². The molecule has 2 rings (SSSR count). The average molecular weight is 294 g/mol. The minimum atomic E-state index is 0.127. The van der Waals surface area contributed by atoms with E-state index in [4.69, 9.17) is 22.1 Å². The van der Waals surface area contributed by atoms with Crippen molar-refractivity contribution < 1.29 is 4.74 Å².